The quantitative estimate of drug-likeness (QED) is 0.839. The van der Waals surface area contributed by atoms with Crippen molar-refractivity contribution in [2.45, 2.75) is 12.3 Å². The normalized spacial score (nSPS) is 11.7. The zero-order valence-corrected chi connectivity index (χ0v) is 12.4. The molecule has 0 aliphatic carbocycles. The lowest BCUT2D eigenvalue weighted by molar-refractivity contribution is 0.849. The van der Waals surface area contributed by atoms with Crippen molar-refractivity contribution in [3.63, 3.8) is 0 Å². The van der Waals surface area contributed by atoms with Gasteiger partial charge in [-0.25, -0.2) is 0 Å². The number of hydrogen-bond acceptors (Lipinski definition) is 2. The second kappa shape index (κ2) is 6.45. The number of benzene rings is 2. The highest BCUT2D eigenvalue weighted by molar-refractivity contribution is 6.30. The van der Waals surface area contributed by atoms with Crippen molar-refractivity contribution in [2.75, 3.05) is 19.0 Å². The molecule has 0 heterocycles. The number of hydrogen-bond donors (Lipinski definition) is 0. The smallest absolute Gasteiger partial charge is 0.0753 e. The van der Waals surface area contributed by atoms with Crippen molar-refractivity contribution < 1.29 is 0 Å². The van der Waals surface area contributed by atoms with Crippen molar-refractivity contribution in [3.8, 4) is 6.07 Å². The van der Waals surface area contributed by atoms with E-state index in [1.165, 1.54) is 0 Å². The van der Waals surface area contributed by atoms with Crippen LogP contribution < -0.4 is 4.90 Å². The molecule has 0 aliphatic heterocycles. The maximum atomic E-state index is 9.40. The van der Waals surface area contributed by atoms with Gasteiger partial charge in [-0.1, -0.05) is 35.9 Å². The lowest BCUT2D eigenvalue weighted by atomic mass is 9.93. The molecule has 2 aromatic carbocycles. The summed E-state index contributed by atoms with van der Waals surface area (Å²) in [5, 5.41) is 10.1. The molecule has 1 atom stereocenters. The zero-order valence-electron chi connectivity index (χ0n) is 11.7. The van der Waals surface area contributed by atoms with Crippen LogP contribution in [-0.2, 0) is 6.42 Å². The molecule has 0 spiro atoms. The Labute approximate surface area is 125 Å². The number of nitriles is 1. The fourth-order valence-corrected chi connectivity index (χ4v) is 2.36. The Balaban J connectivity index is 2.18. The second-order valence-electron chi connectivity index (χ2n) is 5.00. The zero-order chi connectivity index (χ0) is 14.5. The van der Waals surface area contributed by atoms with Crippen LogP contribution in [0, 0.1) is 11.3 Å². The fraction of sp³-hybridized carbons (Fsp3) is 0.235. The van der Waals surface area contributed by atoms with Gasteiger partial charge in [0.25, 0.3) is 0 Å². The van der Waals surface area contributed by atoms with E-state index >= 15 is 0 Å². The Kier molecular flexibility index (Phi) is 4.65. The van der Waals surface area contributed by atoms with E-state index in [1.807, 2.05) is 67.5 Å². The Hall–Kier alpha value is -1.98. The molecule has 102 valence electrons. The molecule has 0 bridgehead atoms. The van der Waals surface area contributed by atoms with E-state index in [-0.39, 0.29) is 5.92 Å². The van der Waals surface area contributed by atoms with Crippen LogP contribution in [0.4, 0.5) is 5.69 Å². The van der Waals surface area contributed by atoms with Gasteiger partial charge >= 0.3 is 0 Å². The molecule has 2 aromatic rings. The number of anilines is 1. The summed E-state index contributed by atoms with van der Waals surface area (Å²) in [6, 6.07) is 18.2. The van der Waals surface area contributed by atoms with Gasteiger partial charge in [0.05, 0.1) is 12.0 Å². The number of rotatable bonds is 4. The van der Waals surface area contributed by atoms with Gasteiger partial charge in [0, 0.05) is 24.8 Å². The molecule has 0 aromatic heterocycles. The van der Waals surface area contributed by atoms with Crippen molar-refractivity contribution in [1.29, 1.82) is 5.26 Å². The molecule has 0 N–H and O–H groups in total. The lowest BCUT2D eigenvalue weighted by Gasteiger charge is -2.14. The lowest BCUT2D eigenvalue weighted by Crippen LogP contribution is -2.08. The minimum absolute atomic E-state index is 0.148. The van der Waals surface area contributed by atoms with E-state index in [4.69, 9.17) is 11.6 Å². The molecule has 20 heavy (non-hydrogen) atoms. The van der Waals surface area contributed by atoms with Crippen LogP contribution in [0.15, 0.2) is 48.5 Å². The summed E-state index contributed by atoms with van der Waals surface area (Å²) < 4.78 is 0. The van der Waals surface area contributed by atoms with Crippen molar-refractivity contribution in [3.05, 3.63) is 64.7 Å². The summed E-state index contributed by atoms with van der Waals surface area (Å²) in [6.07, 6.45) is 0.679. The first-order chi connectivity index (χ1) is 9.60. The highest BCUT2D eigenvalue weighted by Gasteiger charge is 2.12. The van der Waals surface area contributed by atoms with Gasteiger partial charge in [0.2, 0.25) is 0 Å². The highest BCUT2D eigenvalue weighted by atomic mass is 35.5. The van der Waals surface area contributed by atoms with Crippen LogP contribution >= 0.6 is 11.6 Å². The molecule has 0 fully saturated rings. The molecule has 0 saturated heterocycles. The summed E-state index contributed by atoms with van der Waals surface area (Å²) in [6.45, 7) is 0. The Bertz CT molecular complexity index is 612. The van der Waals surface area contributed by atoms with Crippen LogP contribution in [0.25, 0.3) is 0 Å². The summed E-state index contributed by atoms with van der Waals surface area (Å²) in [5.74, 6) is -0.148. The molecular formula is C17H17ClN2. The Morgan fingerprint density at radius 2 is 1.85 bits per heavy atom. The Morgan fingerprint density at radius 3 is 2.40 bits per heavy atom. The van der Waals surface area contributed by atoms with Crippen LogP contribution in [0.5, 0.6) is 0 Å². The molecular weight excluding hydrogens is 268 g/mol. The maximum absolute atomic E-state index is 9.40. The summed E-state index contributed by atoms with van der Waals surface area (Å²) in [5.41, 5.74) is 3.26. The van der Waals surface area contributed by atoms with Gasteiger partial charge < -0.3 is 4.90 Å². The Morgan fingerprint density at radius 1 is 1.15 bits per heavy atom. The van der Waals surface area contributed by atoms with Crippen LogP contribution in [-0.4, -0.2) is 14.1 Å². The van der Waals surface area contributed by atoms with Crippen molar-refractivity contribution in [1.82, 2.24) is 0 Å². The average Bonchev–Trinajstić information content (AvgIpc) is 2.45. The topological polar surface area (TPSA) is 27.0 Å². The van der Waals surface area contributed by atoms with Gasteiger partial charge in [-0.15, -0.1) is 0 Å². The van der Waals surface area contributed by atoms with Crippen LogP contribution in [0.2, 0.25) is 5.02 Å². The van der Waals surface area contributed by atoms with E-state index in [1.54, 1.807) is 0 Å². The predicted octanol–water partition coefficient (Wildman–Crippen LogP) is 4.26. The first kappa shape index (κ1) is 14.4. The van der Waals surface area contributed by atoms with Crippen LogP contribution in [0.3, 0.4) is 0 Å². The summed E-state index contributed by atoms with van der Waals surface area (Å²) in [7, 11) is 4.01. The van der Waals surface area contributed by atoms with E-state index in [0.29, 0.717) is 11.4 Å². The highest BCUT2D eigenvalue weighted by Crippen LogP contribution is 2.24. The molecule has 0 radical (unpaired) electrons. The third kappa shape index (κ3) is 3.53. The minimum atomic E-state index is -0.148. The largest absolute Gasteiger partial charge is 0.378 e. The maximum Gasteiger partial charge on any atom is 0.0753 e. The van der Waals surface area contributed by atoms with Gasteiger partial charge in [-0.2, -0.15) is 5.26 Å². The molecule has 2 nitrogen and oxygen atoms in total. The van der Waals surface area contributed by atoms with Gasteiger partial charge in [0.1, 0.15) is 0 Å². The molecule has 1 unspecified atom stereocenters. The van der Waals surface area contributed by atoms with Crippen molar-refractivity contribution in [2.24, 2.45) is 0 Å². The second-order valence-corrected chi connectivity index (χ2v) is 5.44. The van der Waals surface area contributed by atoms with Gasteiger partial charge in [-0.3, -0.25) is 0 Å². The molecule has 0 amide bonds. The van der Waals surface area contributed by atoms with Crippen LogP contribution in [0.1, 0.15) is 17.0 Å². The average molecular weight is 285 g/mol. The molecule has 0 saturated carbocycles. The third-order valence-electron chi connectivity index (χ3n) is 3.30. The minimum Gasteiger partial charge on any atom is -0.378 e. The third-order valence-corrected chi connectivity index (χ3v) is 3.53. The number of nitrogens with zero attached hydrogens (tertiary/aromatic N) is 2. The first-order valence-electron chi connectivity index (χ1n) is 6.51. The first-order valence-corrected chi connectivity index (χ1v) is 6.89. The summed E-state index contributed by atoms with van der Waals surface area (Å²) in [4.78, 5) is 2.04. The predicted molar refractivity (Wildman–Crippen MR) is 84.3 cm³/mol. The molecule has 0 aliphatic rings. The van der Waals surface area contributed by atoms with Crippen molar-refractivity contribution >= 4 is 17.3 Å². The molecule has 2 rings (SSSR count). The fourth-order valence-electron chi connectivity index (χ4n) is 2.14. The van der Waals surface area contributed by atoms with E-state index in [2.05, 4.69) is 6.07 Å². The van der Waals surface area contributed by atoms with E-state index in [9.17, 15) is 5.26 Å². The van der Waals surface area contributed by atoms with E-state index in [0.717, 1.165) is 16.8 Å². The SMILES string of the molecule is CN(C)c1ccc(C(C#N)Cc2cccc(Cl)c2)cc1. The van der Waals surface area contributed by atoms with Gasteiger partial charge in [0.15, 0.2) is 0 Å². The monoisotopic (exact) mass is 284 g/mol. The molecule has 3 heteroatoms. The van der Waals surface area contributed by atoms with Gasteiger partial charge in [-0.05, 0) is 41.8 Å². The number of halogens is 1. The summed E-state index contributed by atoms with van der Waals surface area (Å²) >= 11 is 5.98. The van der Waals surface area contributed by atoms with E-state index < -0.39 is 0 Å². The standard InChI is InChI=1S/C17H17ClN2/c1-20(2)17-8-6-14(7-9-17)15(12-19)10-13-4-3-5-16(18)11-13/h3-9,11,15H,10H2,1-2H3.